The SMILES string of the molecule is CCCCCCCCCCCCCCCCOP(=O)(OC)OCCCC[N+](C)(C)C. The van der Waals surface area contributed by atoms with Gasteiger partial charge in [0.25, 0.3) is 0 Å². The van der Waals surface area contributed by atoms with Crippen LogP contribution in [-0.2, 0) is 18.1 Å². The third kappa shape index (κ3) is 21.3. The first kappa shape index (κ1) is 30.1. The van der Waals surface area contributed by atoms with Crippen LogP contribution in [0.5, 0.6) is 0 Å². The summed E-state index contributed by atoms with van der Waals surface area (Å²) in [5, 5.41) is 0. The second-order valence-corrected chi connectivity index (χ2v) is 11.4. The highest BCUT2D eigenvalue weighted by Crippen LogP contribution is 2.48. The van der Waals surface area contributed by atoms with Crippen molar-refractivity contribution in [1.29, 1.82) is 0 Å². The number of nitrogens with zero attached hydrogens (tertiary/aromatic N) is 1. The van der Waals surface area contributed by atoms with Gasteiger partial charge < -0.3 is 4.48 Å². The minimum Gasteiger partial charge on any atom is -0.331 e. The highest BCUT2D eigenvalue weighted by atomic mass is 31.2. The maximum absolute atomic E-state index is 12.4. The van der Waals surface area contributed by atoms with Gasteiger partial charge in [0.15, 0.2) is 0 Å². The lowest BCUT2D eigenvalue weighted by Gasteiger charge is -2.23. The number of hydrogen-bond acceptors (Lipinski definition) is 4. The molecule has 0 aromatic carbocycles. The van der Waals surface area contributed by atoms with Crippen LogP contribution in [0.15, 0.2) is 0 Å². The van der Waals surface area contributed by atoms with Crippen molar-refractivity contribution in [2.75, 3.05) is 48.0 Å². The largest absolute Gasteiger partial charge is 0.474 e. The monoisotopic (exact) mass is 450 g/mol. The van der Waals surface area contributed by atoms with Crippen molar-refractivity contribution in [2.45, 2.75) is 110 Å². The van der Waals surface area contributed by atoms with Crippen molar-refractivity contribution < 1.29 is 22.6 Å². The molecule has 5 nitrogen and oxygen atoms in total. The summed E-state index contributed by atoms with van der Waals surface area (Å²) >= 11 is 0. The number of rotatable bonds is 23. The Morgan fingerprint density at radius 2 is 0.967 bits per heavy atom. The molecule has 0 saturated carbocycles. The molecule has 0 bridgehead atoms. The average Bonchev–Trinajstić information content (AvgIpc) is 2.70. The molecule has 182 valence electrons. The molecular formula is C24H53NO4P+. The molecule has 0 fully saturated rings. The number of unbranched alkanes of at least 4 members (excludes halogenated alkanes) is 14. The maximum Gasteiger partial charge on any atom is 0.474 e. The summed E-state index contributed by atoms with van der Waals surface area (Å²) in [6, 6.07) is 0. The smallest absolute Gasteiger partial charge is 0.331 e. The summed E-state index contributed by atoms with van der Waals surface area (Å²) in [4.78, 5) is 0. The molecule has 1 unspecified atom stereocenters. The average molecular weight is 451 g/mol. The van der Waals surface area contributed by atoms with Crippen LogP contribution in [0.4, 0.5) is 0 Å². The summed E-state index contributed by atoms with van der Waals surface area (Å²) in [7, 11) is 4.53. The highest BCUT2D eigenvalue weighted by molar-refractivity contribution is 7.48. The Balaban J connectivity index is 3.46. The van der Waals surface area contributed by atoms with Crippen molar-refractivity contribution in [3.63, 3.8) is 0 Å². The lowest BCUT2D eigenvalue weighted by molar-refractivity contribution is -0.870. The van der Waals surface area contributed by atoms with Gasteiger partial charge in [-0.05, 0) is 19.3 Å². The zero-order valence-corrected chi connectivity index (χ0v) is 21.9. The standard InChI is InChI=1S/C24H53NO4P/c1-6-7-8-9-10-11-12-13-14-15-16-17-18-20-23-28-30(26,27-5)29-24-21-19-22-25(2,3)4/h6-24H2,1-5H3/q+1. The Hall–Kier alpha value is 0.0700. The third-order valence-electron chi connectivity index (χ3n) is 5.44. The molecule has 0 saturated heterocycles. The van der Waals surface area contributed by atoms with E-state index in [1.807, 2.05) is 0 Å². The quantitative estimate of drug-likeness (QED) is 0.0907. The molecule has 1 atom stereocenters. The van der Waals surface area contributed by atoms with Crippen molar-refractivity contribution in [2.24, 2.45) is 0 Å². The lowest BCUT2D eigenvalue weighted by Crippen LogP contribution is -2.35. The molecule has 0 rings (SSSR count). The second-order valence-electron chi connectivity index (χ2n) is 9.61. The van der Waals surface area contributed by atoms with Gasteiger partial charge in [-0.3, -0.25) is 13.6 Å². The van der Waals surface area contributed by atoms with Gasteiger partial charge in [-0.2, -0.15) is 0 Å². The fraction of sp³-hybridized carbons (Fsp3) is 1.00. The molecule has 0 radical (unpaired) electrons. The van der Waals surface area contributed by atoms with E-state index in [-0.39, 0.29) is 0 Å². The van der Waals surface area contributed by atoms with E-state index < -0.39 is 7.82 Å². The zero-order valence-electron chi connectivity index (χ0n) is 21.0. The van der Waals surface area contributed by atoms with Gasteiger partial charge in [0.2, 0.25) is 0 Å². The topological polar surface area (TPSA) is 44.8 Å². The lowest BCUT2D eigenvalue weighted by atomic mass is 10.0. The molecule has 0 aliphatic carbocycles. The van der Waals surface area contributed by atoms with Gasteiger partial charge in [-0.1, -0.05) is 90.4 Å². The van der Waals surface area contributed by atoms with E-state index in [4.69, 9.17) is 13.6 Å². The predicted molar refractivity (Wildman–Crippen MR) is 129 cm³/mol. The summed E-state index contributed by atoms with van der Waals surface area (Å²) in [6.45, 7) is 4.21. The Morgan fingerprint density at radius 3 is 1.33 bits per heavy atom. The molecule has 0 spiro atoms. The van der Waals surface area contributed by atoms with E-state index in [9.17, 15) is 4.57 Å². The molecule has 0 aromatic heterocycles. The minimum atomic E-state index is -3.37. The van der Waals surface area contributed by atoms with Crippen LogP contribution < -0.4 is 0 Å². The summed E-state index contributed by atoms with van der Waals surface area (Å²) in [5.41, 5.74) is 0. The number of hydrogen-bond donors (Lipinski definition) is 0. The Morgan fingerprint density at radius 1 is 0.600 bits per heavy atom. The Bertz CT molecular complexity index is 413. The fourth-order valence-electron chi connectivity index (χ4n) is 3.48. The Kier molecular flexibility index (Phi) is 19.8. The molecule has 0 amide bonds. The van der Waals surface area contributed by atoms with Crippen LogP contribution in [0.1, 0.15) is 110 Å². The van der Waals surface area contributed by atoms with Gasteiger partial charge in [0.05, 0.1) is 40.9 Å². The maximum atomic E-state index is 12.4. The highest BCUT2D eigenvalue weighted by Gasteiger charge is 2.24. The predicted octanol–water partition coefficient (Wildman–Crippen LogP) is 7.74. The van der Waals surface area contributed by atoms with Crippen LogP contribution in [0.2, 0.25) is 0 Å². The van der Waals surface area contributed by atoms with Gasteiger partial charge in [-0.15, -0.1) is 0 Å². The fourth-order valence-corrected chi connectivity index (χ4v) is 4.47. The number of quaternary nitrogens is 1. The van der Waals surface area contributed by atoms with Gasteiger partial charge in [-0.25, -0.2) is 4.57 Å². The molecule has 0 aliphatic rings. The molecule has 0 aliphatic heterocycles. The van der Waals surface area contributed by atoms with E-state index in [0.29, 0.717) is 13.2 Å². The van der Waals surface area contributed by atoms with E-state index >= 15 is 0 Å². The van der Waals surface area contributed by atoms with Gasteiger partial charge in [0, 0.05) is 7.11 Å². The van der Waals surface area contributed by atoms with Crippen molar-refractivity contribution in [3.05, 3.63) is 0 Å². The van der Waals surface area contributed by atoms with Crippen LogP contribution in [0.3, 0.4) is 0 Å². The van der Waals surface area contributed by atoms with Crippen molar-refractivity contribution >= 4 is 7.82 Å². The number of phosphoric ester groups is 1. The first-order valence-electron chi connectivity index (χ1n) is 12.6. The second kappa shape index (κ2) is 19.7. The molecule has 0 N–H and O–H groups in total. The normalized spacial score (nSPS) is 14.2. The summed E-state index contributed by atoms with van der Waals surface area (Å²) in [5.74, 6) is 0. The van der Waals surface area contributed by atoms with Gasteiger partial charge in [0.1, 0.15) is 0 Å². The van der Waals surface area contributed by atoms with Crippen molar-refractivity contribution in [1.82, 2.24) is 0 Å². The molecular weight excluding hydrogens is 397 g/mol. The van der Waals surface area contributed by atoms with Crippen molar-refractivity contribution in [3.8, 4) is 0 Å². The molecule has 0 heterocycles. The van der Waals surface area contributed by atoms with E-state index in [2.05, 4.69) is 28.1 Å². The zero-order chi connectivity index (χ0) is 22.6. The van der Waals surface area contributed by atoms with Crippen LogP contribution >= 0.6 is 7.82 Å². The third-order valence-corrected chi connectivity index (χ3v) is 6.89. The summed E-state index contributed by atoms with van der Waals surface area (Å²) < 4.78 is 29.2. The van der Waals surface area contributed by atoms with E-state index in [0.717, 1.165) is 36.7 Å². The summed E-state index contributed by atoms with van der Waals surface area (Å²) in [6.07, 6.45) is 20.4. The molecule has 6 heteroatoms. The number of phosphoric acid groups is 1. The van der Waals surface area contributed by atoms with Crippen LogP contribution in [0, 0.1) is 0 Å². The van der Waals surface area contributed by atoms with Gasteiger partial charge >= 0.3 is 7.82 Å². The van der Waals surface area contributed by atoms with E-state index in [1.54, 1.807) is 0 Å². The first-order valence-corrected chi connectivity index (χ1v) is 14.0. The minimum absolute atomic E-state index is 0.420. The molecule has 30 heavy (non-hydrogen) atoms. The first-order chi connectivity index (χ1) is 14.3. The van der Waals surface area contributed by atoms with E-state index in [1.165, 1.54) is 84.2 Å². The van der Waals surface area contributed by atoms with Crippen LogP contribution in [0.25, 0.3) is 0 Å². The van der Waals surface area contributed by atoms with Crippen LogP contribution in [-0.4, -0.2) is 52.5 Å². The molecule has 0 aromatic rings. The Labute approximate surface area is 188 Å².